The number of carbonyl (C=O) groups is 2. The minimum Gasteiger partial charge on any atom is -0.397 e. The lowest BCUT2D eigenvalue weighted by Gasteiger charge is -2.09. The molecule has 1 aromatic heterocycles. The second-order valence-electron chi connectivity index (χ2n) is 5.02. The minimum atomic E-state index is -1.02. The van der Waals surface area contributed by atoms with Crippen molar-refractivity contribution in [1.82, 2.24) is 10.3 Å². The van der Waals surface area contributed by atoms with Gasteiger partial charge in [-0.2, -0.15) is 0 Å². The molecule has 1 heterocycles. The van der Waals surface area contributed by atoms with Gasteiger partial charge < -0.3 is 26.6 Å². The molecule has 24 heavy (non-hydrogen) atoms. The summed E-state index contributed by atoms with van der Waals surface area (Å²) in [6, 6.07) is 9.68. The Balaban J connectivity index is 1.99. The maximum atomic E-state index is 12.1. The van der Waals surface area contributed by atoms with E-state index in [1.54, 1.807) is 24.3 Å². The van der Waals surface area contributed by atoms with Crippen molar-refractivity contribution < 1.29 is 19.8 Å². The van der Waals surface area contributed by atoms with Crippen LogP contribution < -0.4 is 16.4 Å². The fourth-order valence-electron chi connectivity index (χ4n) is 1.84. The van der Waals surface area contributed by atoms with E-state index < -0.39 is 24.5 Å². The van der Waals surface area contributed by atoms with E-state index in [1.807, 2.05) is 0 Å². The number of nitrogens with zero attached hydrogens (tertiary/aromatic N) is 1. The predicted octanol–water partition coefficient (Wildman–Crippen LogP) is -0.000900. The van der Waals surface area contributed by atoms with E-state index in [9.17, 15) is 14.7 Å². The van der Waals surface area contributed by atoms with Crippen LogP contribution in [0.25, 0.3) is 0 Å². The van der Waals surface area contributed by atoms with Crippen LogP contribution in [0.2, 0.25) is 0 Å². The average Bonchev–Trinajstić information content (AvgIpc) is 2.61. The first-order valence-electron chi connectivity index (χ1n) is 7.20. The molecule has 1 aromatic carbocycles. The predicted molar refractivity (Wildman–Crippen MR) is 88.5 cm³/mol. The van der Waals surface area contributed by atoms with Crippen LogP contribution in [0, 0.1) is 0 Å². The Labute approximate surface area is 138 Å². The number of nitrogens with two attached hydrogens (primary N) is 1. The normalized spacial score (nSPS) is 11.6. The molecule has 0 spiro atoms. The molecular weight excluding hydrogens is 312 g/mol. The summed E-state index contributed by atoms with van der Waals surface area (Å²) in [6.07, 6.45) is 0.229. The maximum Gasteiger partial charge on any atom is 0.274 e. The molecule has 2 rings (SSSR count). The number of nitrogens with one attached hydrogen (secondary N) is 2. The quantitative estimate of drug-likeness (QED) is 0.473. The number of benzene rings is 1. The first kappa shape index (κ1) is 17.4. The Morgan fingerprint density at radius 3 is 2.54 bits per heavy atom. The number of para-hydroxylation sites is 2. The molecular formula is C16H18N4O4. The second kappa shape index (κ2) is 8.04. The van der Waals surface area contributed by atoms with Crippen LogP contribution >= 0.6 is 0 Å². The number of rotatable bonds is 6. The molecule has 0 aliphatic heterocycles. The van der Waals surface area contributed by atoms with Crippen molar-refractivity contribution in [2.75, 3.05) is 24.2 Å². The highest BCUT2D eigenvalue weighted by Gasteiger charge is 2.12. The van der Waals surface area contributed by atoms with Crippen molar-refractivity contribution in [1.29, 1.82) is 0 Å². The Hall–Kier alpha value is -2.97. The Bertz CT molecular complexity index is 718. The lowest BCUT2D eigenvalue weighted by atomic mass is 10.2. The zero-order chi connectivity index (χ0) is 17.5. The molecule has 2 amide bonds. The molecule has 1 atom stereocenters. The van der Waals surface area contributed by atoms with Crippen LogP contribution in [-0.2, 0) is 0 Å². The summed E-state index contributed by atoms with van der Waals surface area (Å²) in [4.78, 5) is 27.9. The summed E-state index contributed by atoms with van der Waals surface area (Å²) in [5, 5.41) is 23.0. The van der Waals surface area contributed by atoms with Gasteiger partial charge in [0, 0.05) is 12.7 Å². The van der Waals surface area contributed by atoms with Gasteiger partial charge in [-0.15, -0.1) is 0 Å². The third kappa shape index (κ3) is 4.51. The SMILES string of the molecule is Nc1ccccc1NC(=O)c1ccc(C(=O)NCC(O)CO)cn1. The lowest BCUT2D eigenvalue weighted by Crippen LogP contribution is -2.34. The molecule has 0 saturated carbocycles. The lowest BCUT2D eigenvalue weighted by molar-refractivity contribution is 0.0801. The molecule has 0 fully saturated rings. The van der Waals surface area contributed by atoms with Crippen LogP contribution in [0.3, 0.4) is 0 Å². The van der Waals surface area contributed by atoms with Gasteiger partial charge in [-0.3, -0.25) is 14.6 Å². The summed E-state index contributed by atoms with van der Waals surface area (Å²) in [5.74, 6) is -0.912. The number of nitrogen functional groups attached to an aromatic ring is 1. The first-order chi connectivity index (χ1) is 11.5. The summed E-state index contributed by atoms with van der Waals surface area (Å²) in [5.41, 5.74) is 7.03. The van der Waals surface area contributed by atoms with Gasteiger partial charge >= 0.3 is 0 Å². The number of hydrogen-bond donors (Lipinski definition) is 5. The fraction of sp³-hybridized carbons (Fsp3) is 0.188. The molecule has 0 aliphatic carbocycles. The van der Waals surface area contributed by atoms with E-state index in [1.165, 1.54) is 18.3 Å². The van der Waals surface area contributed by atoms with Crippen LogP contribution in [0.5, 0.6) is 0 Å². The minimum absolute atomic E-state index is 0.0785. The van der Waals surface area contributed by atoms with Gasteiger partial charge in [-0.05, 0) is 24.3 Å². The molecule has 8 heteroatoms. The molecule has 2 aromatic rings. The van der Waals surface area contributed by atoms with Crippen molar-refractivity contribution in [2.45, 2.75) is 6.10 Å². The van der Waals surface area contributed by atoms with Gasteiger partial charge in [-0.1, -0.05) is 12.1 Å². The van der Waals surface area contributed by atoms with Gasteiger partial charge in [0.2, 0.25) is 0 Å². The van der Waals surface area contributed by atoms with Crippen LogP contribution in [-0.4, -0.2) is 46.3 Å². The highest BCUT2D eigenvalue weighted by Crippen LogP contribution is 2.17. The van der Waals surface area contributed by atoms with Gasteiger partial charge in [0.15, 0.2) is 0 Å². The molecule has 0 radical (unpaired) electrons. The van der Waals surface area contributed by atoms with Crippen molar-refractivity contribution in [3.05, 3.63) is 53.9 Å². The molecule has 0 bridgehead atoms. The Kier molecular flexibility index (Phi) is 5.83. The molecule has 8 nitrogen and oxygen atoms in total. The smallest absolute Gasteiger partial charge is 0.274 e. The van der Waals surface area contributed by atoms with E-state index >= 15 is 0 Å². The number of carbonyl (C=O) groups excluding carboxylic acids is 2. The highest BCUT2D eigenvalue weighted by atomic mass is 16.3. The Morgan fingerprint density at radius 2 is 1.92 bits per heavy atom. The van der Waals surface area contributed by atoms with E-state index in [-0.39, 0.29) is 17.8 Å². The second-order valence-corrected chi connectivity index (χ2v) is 5.02. The summed E-state index contributed by atoms with van der Waals surface area (Å²) < 4.78 is 0. The average molecular weight is 330 g/mol. The third-order valence-electron chi connectivity index (χ3n) is 3.18. The van der Waals surface area contributed by atoms with Crippen molar-refractivity contribution >= 4 is 23.2 Å². The largest absolute Gasteiger partial charge is 0.397 e. The van der Waals surface area contributed by atoms with E-state index in [2.05, 4.69) is 15.6 Å². The standard InChI is InChI=1S/C16H18N4O4/c17-12-3-1-2-4-13(12)20-16(24)14-6-5-10(7-18-14)15(23)19-8-11(22)9-21/h1-7,11,21-22H,8-9,17H2,(H,19,23)(H,20,24). The zero-order valence-corrected chi connectivity index (χ0v) is 12.8. The monoisotopic (exact) mass is 330 g/mol. The number of aromatic nitrogens is 1. The molecule has 1 unspecified atom stereocenters. The van der Waals surface area contributed by atoms with Crippen molar-refractivity contribution in [3.8, 4) is 0 Å². The molecule has 0 aliphatic rings. The molecule has 6 N–H and O–H groups in total. The third-order valence-corrected chi connectivity index (χ3v) is 3.18. The van der Waals surface area contributed by atoms with Crippen LogP contribution in [0.15, 0.2) is 42.6 Å². The topological polar surface area (TPSA) is 138 Å². The summed E-state index contributed by atoms with van der Waals surface area (Å²) in [7, 11) is 0. The van der Waals surface area contributed by atoms with Gasteiger partial charge in [0.05, 0.1) is 29.6 Å². The number of aliphatic hydroxyl groups is 2. The van der Waals surface area contributed by atoms with E-state index in [0.717, 1.165) is 0 Å². The van der Waals surface area contributed by atoms with Crippen LogP contribution in [0.1, 0.15) is 20.8 Å². The zero-order valence-electron chi connectivity index (χ0n) is 12.8. The number of pyridine rings is 1. The Morgan fingerprint density at radius 1 is 1.17 bits per heavy atom. The van der Waals surface area contributed by atoms with Crippen molar-refractivity contribution in [2.24, 2.45) is 0 Å². The van der Waals surface area contributed by atoms with Gasteiger partial charge in [0.25, 0.3) is 11.8 Å². The maximum absolute atomic E-state index is 12.1. The van der Waals surface area contributed by atoms with Crippen molar-refractivity contribution in [3.63, 3.8) is 0 Å². The number of hydrogen-bond acceptors (Lipinski definition) is 6. The summed E-state index contributed by atoms with van der Waals surface area (Å²) in [6.45, 7) is -0.523. The molecule has 0 saturated heterocycles. The van der Waals surface area contributed by atoms with Crippen LogP contribution in [0.4, 0.5) is 11.4 Å². The fourth-order valence-corrected chi connectivity index (χ4v) is 1.84. The van der Waals surface area contributed by atoms with Gasteiger partial charge in [0.1, 0.15) is 5.69 Å². The molecule has 126 valence electrons. The number of anilines is 2. The van der Waals surface area contributed by atoms with E-state index in [0.29, 0.717) is 11.4 Å². The number of aliphatic hydroxyl groups excluding tert-OH is 2. The van der Waals surface area contributed by atoms with E-state index in [4.69, 9.17) is 10.8 Å². The first-order valence-corrected chi connectivity index (χ1v) is 7.20. The van der Waals surface area contributed by atoms with Gasteiger partial charge in [-0.25, -0.2) is 0 Å². The number of amides is 2. The summed E-state index contributed by atoms with van der Waals surface area (Å²) >= 11 is 0. The highest BCUT2D eigenvalue weighted by molar-refractivity contribution is 6.04.